The molecule has 1 aliphatic heterocycles. The Hall–Kier alpha value is -0.830. The van der Waals surface area contributed by atoms with E-state index in [9.17, 15) is 5.11 Å². The molecule has 2 N–H and O–H groups in total. The fraction of sp³-hybridized carbons (Fsp3) is 0.700. The van der Waals surface area contributed by atoms with Crippen LogP contribution in [-0.2, 0) is 0 Å². The van der Waals surface area contributed by atoms with Crippen LogP contribution in [0.25, 0.3) is 0 Å². The maximum Gasteiger partial charge on any atom is 0.154 e. The van der Waals surface area contributed by atoms with Crippen LogP contribution < -0.4 is 5.32 Å². The van der Waals surface area contributed by atoms with Crippen LogP contribution in [0.15, 0.2) is 16.8 Å². The summed E-state index contributed by atoms with van der Waals surface area (Å²) >= 11 is 0. The van der Waals surface area contributed by atoms with Gasteiger partial charge in [0.15, 0.2) is 5.72 Å². The van der Waals surface area contributed by atoms with Crippen molar-refractivity contribution < 1.29 is 5.11 Å². The molecule has 0 amide bonds. The third kappa shape index (κ3) is 3.19. The normalized spacial score (nSPS) is 28.2. The largest absolute Gasteiger partial charge is 0.368 e. The molecule has 0 aliphatic carbocycles. The number of hydrogen-bond donors (Lipinski definition) is 2. The average Bonchev–Trinajstić information content (AvgIpc) is 1.78. The average molecular weight is 182 g/mol. The van der Waals surface area contributed by atoms with Crippen molar-refractivity contribution in [2.24, 2.45) is 10.9 Å². The molecule has 1 aliphatic rings. The van der Waals surface area contributed by atoms with Gasteiger partial charge in [0.05, 0.1) is 0 Å². The number of aliphatic hydroxyl groups is 1. The van der Waals surface area contributed by atoms with Gasteiger partial charge < -0.3 is 10.4 Å². The van der Waals surface area contributed by atoms with Gasteiger partial charge in [0.2, 0.25) is 0 Å². The molecular weight excluding hydrogens is 164 g/mol. The number of aliphatic imine (C=N–C) groups is 1. The van der Waals surface area contributed by atoms with Gasteiger partial charge in [-0.3, -0.25) is 0 Å². The van der Waals surface area contributed by atoms with Gasteiger partial charge >= 0.3 is 0 Å². The number of nitrogens with zero attached hydrogens (tertiary/aromatic N) is 1. The van der Waals surface area contributed by atoms with Gasteiger partial charge in [-0.2, -0.15) is 0 Å². The lowest BCUT2D eigenvalue weighted by Crippen LogP contribution is -2.45. The Labute approximate surface area is 79.6 Å². The first-order chi connectivity index (χ1) is 5.89. The van der Waals surface area contributed by atoms with Gasteiger partial charge in [0.25, 0.3) is 0 Å². The highest BCUT2D eigenvalue weighted by molar-refractivity contribution is 5.82. The van der Waals surface area contributed by atoms with E-state index in [4.69, 9.17) is 0 Å². The predicted octanol–water partition coefficient (Wildman–Crippen LogP) is 1.65. The Morgan fingerprint density at radius 2 is 2.23 bits per heavy atom. The molecule has 0 aromatic heterocycles. The molecule has 74 valence electrons. The molecule has 1 heterocycles. The van der Waals surface area contributed by atoms with Crippen molar-refractivity contribution in [1.29, 1.82) is 0 Å². The Morgan fingerprint density at radius 3 is 2.69 bits per heavy atom. The molecule has 0 fully saturated rings. The van der Waals surface area contributed by atoms with E-state index in [-0.39, 0.29) is 0 Å². The maximum absolute atomic E-state index is 9.76. The monoisotopic (exact) mass is 182 g/mol. The molecule has 1 rings (SSSR count). The van der Waals surface area contributed by atoms with Crippen molar-refractivity contribution in [1.82, 2.24) is 5.32 Å². The number of nitrogens with one attached hydrogen (secondary N) is 1. The molecular formula is C10H18N2O. The first-order valence-corrected chi connectivity index (χ1v) is 4.66. The van der Waals surface area contributed by atoms with E-state index in [0.717, 1.165) is 18.0 Å². The lowest BCUT2D eigenvalue weighted by Gasteiger charge is -2.27. The van der Waals surface area contributed by atoms with Crippen molar-refractivity contribution in [3.63, 3.8) is 0 Å². The molecule has 0 saturated carbocycles. The Morgan fingerprint density at radius 1 is 1.62 bits per heavy atom. The van der Waals surface area contributed by atoms with Crippen LogP contribution in [0.2, 0.25) is 0 Å². The smallest absolute Gasteiger partial charge is 0.154 e. The van der Waals surface area contributed by atoms with E-state index < -0.39 is 5.72 Å². The fourth-order valence-corrected chi connectivity index (χ4v) is 1.53. The zero-order chi connectivity index (χ0) is 10.1. The SMILES string of the molecule is CC1=NC(CC(C)C)=CC(C)(O)N1. The minimum Gasteiger partial charge on any atom is -0.368 e. The molecule has 0 saturated heterocycles. The Balaban J connectivity index is 2.77. The van der Waals surface area contributed by atoms with Crippen LogP contribution in [0.1, 0.15) is 34.1 Å². The van der Waals surface area contributed by atoms with E-state index >= 15 is 0 Å². The van der Waals surface area contributed by atoms with Crippen molar-refractivity contribution in [2.75, 3.05) is 0 Å². The molecule has 1 atom stereocenters. The Kier molecular flexibility index (Phi) is 2.76. The minimum absolute atomic E-state index is 0.566. The summed E-state index contributed by atoms with van der Waals surface area (Å²) in [7, 11) is 0. The first-order valence-electron chi connectivity index (χ1n) is 4.66. The summed E-state index contributed by atoms with van der Waals surface area (Å²) in [5.41, 5.74) is 0.0343. The molecule has 0 spiro atoms. The molecule has 1 unspecified atom stereocenters. The van der Waals surface area contributed by atoms with Crippen molar-refractivity contribution >= 4 is 5.84 Å². The van der Waals surface area contributed by atoms with Gasteiger partial charge in [-0.15, -0.1) is 0 Å². The van der Waals surface area contributed by atoms with Gasteiger partial charge in [-0.1, -0.05) is 13.8 Å². The lowest BCUT2D eigenvalue weighted by atomic mass is 10.0. The van der Waals surface area contributed by atoms with Crippen molar-refractivity contribution in [3.05, 3.63) is 11.8 Å². The van der Waals surface area contributed by atoms with Gasteiger partial charge in [0, 0.05) is 5.70 Å². The van der Waals surface area contributed by atoms with Crippen LogP contribution in [0.3, 0.4) is 0 Å². The van der Waals surface area contributed by atoms with Crippen LogP contribution in [0, 0.1) is 5.92 Å². The summed E-state index contributed by atoms with van der Waals surface area (Å²) < 4.78 is 0. The topological polar surface area (TPSA) is 44.6 Å². The summed E-state index contributed by atoms with van der Waals surface area (Å²) in [5, 5.41) is 12.6. The van der Waals surface area contributed by atoms with E-state index in [0.29, 0.717) is 5.92 Å². The zero-order valence-corrected chi connectivity index (χ0v) is 8.76. The first kappa shape index (κ1) is 10.3. The molecule has 0 bridgehead atoms. The van der Waals surface area contributed by atoms with Gasteiger partial charge in [0.1, 0.15) is 5.84 Å². The Bertz CT molecular complexity index is 252. The van der Waals surface area contributed by atoms with Gasteiger partial charge in [-0.05, 0) is 32.3 Å². The quantitative estimate of drug-likeness (QED) is 0.682. The molecule has 13 heavy (non-hydrogen) atoms. The highest BCUT2D eigenvalue weighted by Crippen LogP contribution is 2.19. The summed E-state index contributed by atoms with van der Waals surface area (Å²) in [6.45, 7) is 7.87. The predicted molar refractivity (Wildman–Crippen MR) is 54.4 cm³/mol. The minimum atomic E-state index is -0.934. The maximum atomic E-state index is 9.76. The summed E-state index contributed by atoms with van der Waals surface area (Å²) in [4.78, 5) is 4.32. The van der Waals surface area contributed by atoms with Crippen molar-refractivity contribution in [2.45, 2.75) is 39.8 Å². The van der Waals surface area contributed by atoms with Crippen LogP contribution in [-0.4, -0.2) is 16.7 Å². The molecule has 3 heteroatoms. The lowest BCUT2D eigenvalue weighted by molar-refractivity contribution is 0.0926. The highest BCUT2D eigenvalue weighted by atomic mass is 16.3. The van der Waals surface area contributed by atoms with Crippen LogP contribution in [0.5, 0.6) is 0 Å². The molecule has 3 nitrogen and oxygen atoms in total. The molecule has 0 aromatic carbocycles. The summed E-state index contributed by atoms with van der Waals surface area (Å²) in [5.74, 6) is 1.35. The second kappa shape index (κ2) is 3.50. The number of amidine groups is 1. The fourth-order valence-electron chi connectivity index (χ4n) is 1.53. The summed E-state index contributed by atoms with van der Waals surface area (Å²) in [6, 6.07) is 0. The number of allylic oxidation sites excluding steroid dienone is 1. The van der Waals surface area contributed by atoms with Crippen LogP contribution in [0.4, 0.5) is 0 Å². The second-order valence-electron chi connectivity index (χ2n) is 4.20. The summed E-state index contributed by atoms with van der Waals surface area (Å²) in [6.07, 6.45) is 2.69. The van der Waals surface area contributed by atoms with Gasteiger partial charge in [-0.25, -0.2) is 4.99 Å². The molecule has 0 radical (unpaired) electrons. The van der Waals surface area contributed by atoms with E-state index in [1.165, 1.54) is 0 Å². The third-order valence-electron chi connectivity index (χ3n) is 1.81. The standard InChI is InChI=1S/C10H18N2O/c1-7(2)5-9-6-10(4,13)12-8(3)11-9/h6-7,13H,5H2,1-4H3,(H,11,12). The third-order valence-corrected chi connectivity index (χ3v) is 1.81. The highest BCUT2D eigenvalue weighted by Gasteiger charge is 2.22. The number of rotatable bonds is 2. The zero-order valence-electron chi connectivity index (χ0n) is 8.76. The number of hydrogen-bond acceptors (Lipinski definition) is 3. The van der Waals surface area contributed by atoms with E-state index in [1.54, 1.807) is 13.0 Å². The van der Waals surface area contributed by atoms with Crippen molar-refractivity contribution in [3.8, 4) is 0 Å². The van der Waals surface area contributed by atoms with E-state index in [1.807, 2.05) is 6.92 Å². The second-order valence-corrected chi connectivity index (χ2v) is 4.20. The van der Waals surface area contributed by atoms with E-state index in [2.05, 4.69) is 24.2 Å². The molecule has 0 aromatic rings. The van der Waals surface area contributed by atoms with Crippen LogP contribution >= 0.6 is 0 Å².